The van der Waals surface area contributed by atoms with Crippen LogP contribution in [0.2, 0.25) is 0 Å². The number of nitrogens with zero attached hydrogens (tertiary/aromatic N) is 2. The molecule has 0 aromatic carbocycles. The van der Waals surface area contributed by atoms with Crippen LogP contribution in [0.3, 0.4) is 0 Å². The van der Waals surface area contributed by atoms with Gasteiger partial charge in [0, 0.05) is 26.2 Å². The van der Waals surface area contributed by atoms with Crippen LogP contribution >= 0.6 is 0 Å². The Balaban J connectivity index is 2.33. The molecule has 5 nitrogen and oxygen atoms in total. The summed E-state index contributed by atoms with van der Waals surface area (Å²) in [6.07, 6.45) is 4.43. The number of rotatable bonds is 8. The average Bonchev–Trinajstić information content (AvgIpc) is 2.70. The second kappa shape index (κ2) is 10.1. The molecule has 20 heavy (non-hydrogen) atoms. The van der Waals surface area contributed by atoms with Gasteiger partial charge in [0.25, 0.3) is 0 Å². The van der Waals surface area contributed by atoms with Crippen molar-refractivity contribution < 1.29 is 4.79 Å². The lowest BCUT2D eigenvalue weighted by molar-refractivity contribution is -0.125. The third-order valence-electron chi connectivity index (χ3n) is 4.03. The molecule has 0 aliphatic carbocycles. The molecule has 0 saturated carbocycles. The van der Waals surface area contributed by atoms with Crippen LogP contribution < -0.4 is 11.1 Å². The Bertz CT molecular complexity index is 273. The van der Waals surface area contributed by atoms with Crippen molar-refractivity contribution >= 4 is 5.91 Å². The molecule has 1 fully saturated rings. The predicted octanol–water partition coefficient (Wildman–Crippen LogP) is 0.648. The molecule has 1 heterocycles. The second-order valence-electron chi connectivity index (χ2n) is 5.69. The molecular weight excluding hydrogens is 252 g/mol. The number of nitrogens with two attached hydrogens (primary N) is 1. The molecular formula is C15H32N4O. The Labute approximate surface area is 123 Å². The van der Waals surface area contributed by atoms with Crippen LogP contribution in [0.4, 0.5) is 0 Å². The SMILES string of the molecule is CCCNC(=O)C(C)N1CCCN(CCCCN)CC1. The number of unbranched alkanes of at least 4 members (excludes halogenated alkanes) is 1. The summed E-state index contributed by atoms with van der Waals surface area (Å²) in [5, 5.41) is 2.99. The van der Waals surface area contributed by atoms with Gasteiger partial charge in [-0.2, -0.15) is 0 Å². The van der Waals surface area contributed by atoms with Crippen LogP contribution in [0.25, 0.3) is 0 Å². The lowest BCUT2D eigenvalue weighted by atomic mass is 10.2. The van der Waals surface area contributed by atoms with Crippen molar-refractivity contribution in [1.29, 1.82) is 0 Å². The van der Waals surface area contributed by atoms with Crippen LogP contribution in [0.5, 0.6) is 0 Å². The van der Waals surface area contributed by atoms with Gasteiger partial charge in [0.1, 0.15) is 0 Å². The monoisotopic (exact) mass is 284 g/mol. The zero-order chi connectivity index (χ0) is 14.8. The number of carbonyl (C=O) groups is 1. The van der Waals surface area contributed by atoms with E-state index in [0.717, 1.165) is 65.1 Å². The van der Waals surface area contributed by atoms with Gasteiger partial charge in [-0.25, -0.2) is 0 Å². The van der Waals surface area contributed by atoms with Crippen LogP contribution in [-0.2, 0) is 4.79 Å². The second-order valence-corrected chi connectivity index (χ2v) is 5.69. The van der Waals surface area contributed by atoms with E-state index in [-0.39, 0.29) is 11.9 Å². The largest absolute Gasteiger partial charge is 0.355 e. The van der Waals surface area contributed by atoms with Crippen LogP contribution in [-0.4, -0.2) is 67.6 Å². The standard InChI is InChI=1S/C15H32N4O/c1-3-8-17-15(20)14(2)19-11-6-10-18(12-13-19)9-5-4-7-16/h14H,3-13,16H2,1-2H3,(H,17,20). The number of hydrogen-bond donors (Lipinski definition) is 2. The number of carbonyl (C=O) groups excluding carboxylic acids is 1. The topological polar surface area (TPSA) is 61.6 Å². The highest BCUT2D eigenvalue weighted by atomic mass is 16.2. The van der Waals surface area contributed by atoms with Crippen molar-refractivity contribution in [2.45, 2.75) is 45.6 Å². The first kappa shape index (κ1) is 17.4. The molecule has 118 valence electrons. The Morgan fingerprint density at radius 3 is 2.75 bits per heavy atom. The molecule has 1 aliphatic heterocycles. The van der Waals surface area contributed by atoms with Gasteiger partial charge in [-0.15, -0.1) is 0 Å². The quantitative estimate of drug-likeness (QED) is 0.643. The number of nitrogens with one attached hydrogen (secondary N) is 1. The van der Waals surface area contributed by atoms with Crippen molar-refractivity contribution in [3.8, 4) is 0 Å². The molecule has 1 amide bonds. The third kappa shape index (κ3) is 6.20. The highest BCUT2D eigenvalue weighted by molar-refractivity contribution is 5.81. The lowest BCUT2D eigenvalue weighted by Gasteiger charge is -2.27. The molecule has 0 aromatic heterocycles. The van der Waals surface area contributed by atoms with Crippen LogP contribution in [0, 0.1) is 0 Å². The minimum Gasteiger partial charge on any atom is -0.355 e. The smallest absolute Gasteiger partial charge is 0.237 e. The fraction of sp³-hybridized carbons (Fsp3) is 0.933. The van der Waals surface area contributed by atoms with E-state index in [1.54, 1.807) is 0 Å². The Morgan fingerprint density at radius 2 is 2.05 bits per heavy atom. The fourth-order valence-corrected chi connectivity index (χ4v) is 2.64. The predicted molar refractivity (Wildman–Crippen MR) is 83.7 cm³/mol. The van der Waals surface area contributed by atoms with E-state index in [4.69, 9.17) is 5.73 Å². The summed E-state index contributed by atoms with van der Waals surface area (Å²) in [6.45, 7) is 11.0. The minimum absolute atomic E-state index is 0.00876. The summed E-state index contributed by atoms with van der Waals surface area (Å²) in [6, 6.07) is -0.00876. The van der Waals surface area contributed by atoms with E-state index in [1.165, 1.54) is 6.42 Å². The molecule has 0 bridgehead atoms. The summed E-state index contributed by atoms with van der Waals surface area (Å²) in [7, 11) is 0. The van der Waals surface area contributed by atoms with E-state index in [9.17, 15) is 4.79 Å². The lowest BCUT2D eigenvalue weighted by Crippen LogP contribution is -2.46. The fourth-order valence-electron chi connectivity index (χ4n) is 2.64. The van der Waals surface area contributed by atoms with Crippen molar-refractivity contribution in [3.05, 3.63) is 0 Å². The Morgan fingerprint density at radius 1 is 1.25 bits per heavy atom. The van der Waals surface area contributed by atoms with E-state index in [0.29, 0.717) is 0 Å². The molecule has 1 rings (SSSR count). The van der Waals surface area contributed by atoms with E-state index in [2.05, 4.69) is 22.0 Å². The van der Waals surface area contributed by atoms with Gasteiger partial charge >= 0.3 is 0 Å². The minimum atomic E-state index is -0.00876. The molecule has 0 aromatic rings. The molecule has 1 saturated heterocycles. The Hall–Kier alpha value is -0.650. The first-order chi connectivity index (χ1) is 9.69. The van der Waals surface area contributed by atoms with Crippen molar-refractivity contribution in [2.24, 2.45) is 5.73 Å². The van der Waals surface area contributed by atoms with E-state index < -0.39 is 0 Å². The van der Waals surface area contributed by atoms with Gasteiger partial charge in [0.15, 0.2) is 0 Å². The van der Waals surface area contributed by atoms with Gasteiger partial charge in [-0.05, 0) is 52.2 Å². The summed E-state index contributed by atoms with van der Waals surface area (Å²) >= 11 is 0. The normalized spacial score (nSPS) is 19.6. The van der Waals surface area contributed by atoms with Gasteiger partial charge < -0.3 is 16.0 Å². The molecule has 3 N–H and O–H groups in total. The Kier molecular flexibility index (Phi) is 8.82. The van der Waals surface area contributed by atoms with Gasteiger partial charge in [-0.3, -0.25) is 9.69 Å². The summed E-state index contributed by atoms with van der Waals surface area (Å²) < 4.78 is 0. The number of hydrogen-bond acceptors (Lipinski definition) is 4. The zero-order valence-corrected chi connectivity index (χ0v) is 13.2. The maximum Gasteiger partial charge on any atom is 0.237 e. The first-order valence-electron chi connectivity index (χ1n) is 8.13. The molecule has 0 radical (unpaired) electrons. The molecule has 0 spiro atoms. The highest BCUT2D eigenvalue weighted by Gasteiger charge is 2.23. The average molecular weight is 284 g/mol. The third-order valence-corrected chi connectivity index (χ3v) is 4.03. The van der Waals surface area contributed by atoms with Crippen LogP contribution in [0.1, 0.15) is 39.5 Å². The zero-order valence-electron chi connectivity index (χ0n) is 13.2. The van der Waals surface area contributed by atoms with Crippen molar-refractivity contribution in [2.75, 3.05) is 45.8 Å². The van der Waals surface area contributed by atoms with Crippen molar-refractivity contribution in [3.63, 3.8) is 0 Å². The molecule has 1 atom stereocenters. The summed E-state index contributed by atoms with van der Waals surface area (Å²) in [4.78, 5) is 16.8. The van der Waals surface area contributed by atoms with E-state index in [1.807, 2.05) is 6.92 Å². The van der Waals surface area contributed by atoms with Crippen LogP contribution in [0.15, 0.2) is 0 Å². The number of amides is 1. The highest BCUT2D eigenvalue weighted by Crippen LogP contribution is 2.08. The maximum absolute atomic E-state index is 12.0. The van der Waals surface area contributed by atoms with Gasteiger partial charge in [-0.1, -0.05) is 6.92 Å². The van der Waals surface area contributed by atoms with Gasteiger partial charge in [0.2, 0.25) is 5.91 Å². The molecule has 5 heteroatoms. The molecule has 1 unspecified atom stereocenters. The van der Waals surface area contributed by atoms with Crippen molar-refractivity contribution in [1.82, 2.24) is 15.1 Å². The molecule has 1 aliphatic rings. The summed E-state index contributed by atoms with van der Waals surface area (Å²) in [5.41, 5.74) is 5.54. The summed E-state index contributed by atoms with van der Waals surface area (Å²) in [5.74, 6) is 0.170. The van der Waals surface area contributed by atoms with E-state index >= 15 is 0 Å². The maximum atomic E-state index is 12.0. The van der Waals surface area contributed by atoms with Gasteiger partial charge in [0.05, 0.1) is 6.04 Å². The first-order valence-corrected chi connectivity index (χ1v) is 8.13.